The highest BCUT2D eigenvalue weighted by atomic mass is 16.5. The maximum atomic E-state index is 11.5. The number of carbonyl (C=O) groups is 1. The van der Waals surface area contributed by atoms with Crippen molar-refractivity contribution >= 4 is 5.97 Å². The summed E-state index contributed by atoms with van der Waals surface area (Å²) in [6.07, 6.45) is 13.1. The van der Waals surface area contributed by atoms with Gasteiger partial charge in [-0.1, -0.05) is 58.3 Å². The average Bonchev–Trinajstić information content (AvgIpc) is 2.60. The van der Waals surface area contributed by atoms with Gasteiger partial charge < -0.3 is 9.72 Å². The molecule has 1 N–H and O–H groups in total. The summed E-state index contributed by atoms with van der Waals surface area (Å²) in [5.74, 6) is -0.109. The lowest BCUT2D eigenvalue weighted by Crippen LogP contribution is -2.33. The van der Waals surface area contributed by atoms with Crippen LogP contribution in [0.3, 0.4) is 0 Å². The molecule has 0 amide bonds. The first kappa shape index (κ1) is 21.2. The van der Waals surface area contributed by atoms with Crippen molar-refractivity contribution in [2.75, 3.05) is 6.61 Å². The molecule has 0 fully saturated rings. The number of ether oxygens (including phenoxy) is 1. The zero-order chi connectivity index (χ0) is 18.3. The molecule has 0 saturated heterocycles. The third-order valence-corrected chi connectivity index (χ3v) is 4.27. The minimum absolute atomic E-state index is 0.109. The normalized spacial score (nSPS) is 10.8. The van der Waals surface area contributed by atoms with Crippen LogP contribution in [0.1, 0.15) is 77.6 Å². The molecule has 25 heavy (non-hydrogen) atoms. The van der Waals surface area contributed by atoms with Gasteiger partial charge in [0.1, 0.15) is 0 Å². The van der Waals surface area contributed by atoms with Gasteiger partial charge in [0.25, 0.3) is 5.56 Å². The van der Waals surface area contributed by atoms with Gasteiger partial charge in [-0.3, -0.25) is 14.2 Å². The van der Waals surface area contributed by atoms with Crippen LogP contribution in [0.4, 0.5) is 0 Å². The number of nitrogens with one attached hydrogen (secondary N) is 1. The molecule has 6 nitrogen and oxygen atoms in total. The zero-order valence-corrected chi connectivity index (χ0v) is 15.4. The number of hydrogen-bond acceptors (Lipinski definition) is 4. The molecule has 1 rings (SSSR count). The number of hydrogen-bond donors (Lipinski definition) is 1. The van der Waals surface area contributed by atoms with Gasteiger partial charge in [-0.05, 0) is 12.8 Å². The predicted molar refractivity (Wildman–Crippen MR) is 98.7 cm³/mol. The van der Waals surface area contributed by atoms with Crippen molar-refractivity contribution in [3.05, 3.63) is 33.1 Å². The van der Waals surface area contributed by atoms with Crippen molar-refractivity contribution in [1.82, 2.24) is 9.55 Å². The number of unbranched alkanes of at least 4 members (excludes halogenated alkanes) is 9. The molecule has 1 aromatic heterocycles. The van der Waals surface area contributed by atoms with E-state index in [0.29, 0.717) is 19.6 Å². The zero-order valence-electron chi connectivity index (χ0n) is 15.4. The van der Waals surface area contributed by atoms with Crippen molar-refractivity contribution < 1.29 is 9.53 Å². The fraction of sp³-hybridized carbons (Fsp3) is 0.737. The van der Waals surface area contributed by atoms with E-state index < -0.39 is 0 Å². The molecule has 0 aliphatic rings. The molecule has 0 aliphatic carbocycles. The van der Waals surface area contributed by atoms with Crippen LogP contribution >= 0.6 is 0 Å². The molecule has 0 saturated carbocycles. The summed E-state index contributed by atoms with van der Waals surface area (Å²) < 4.78 is 6.30. The monoisotopic (exact) mass is 352 g/mol. The molecular formula is C19H32N2O4. The first-order valence-corrected chi connectivity index (χ1v) is 9.59. The van der Waals surface area contributed by atoms with Gasteiger partial charge in [-0.25, -0.2) is 4.79 Å². The van der Waals surface area contributed by atoms with E-state index in [4.69, 9.17) is 4.74 Å². The fourth-order valence-electron chi connectivity index (χ4n) is 2.74. The Morgan fingerprint density at radius 2 is 1.52 bits per heavy atom. The number of rotatable bonds is 14. The lowest BCUT2D eigenvalue weighted by molar-refractivity contribution is -0.143. The van der Waals surface area contributed by atoms with Crippen LogP contribution in [-0.2, 0) is 16.1 Å². The van der Waals surface area contributed by atoms with E-state index in [2.05, 4.69) is 4.98 Å². The fourth-order valence-corrected chi connectivity index (χ4v) is 2.74. The van der Waals surface area contributed by atoms with E-state index in [0.717, 1.165) is 32.1 Å². The Labute approximate surface area is 149 Å². The summed E-state index contributed by atoms with van der Waals surface area (Å²) in [5, 5.41) is 0. The second-order valence-corrected chi connectivity index (χ2v) is 6.38. The molecule has 6 heteroatoms. The maximum absolute atomic E-state index is 11.5. The minimum Gasteiger partial charge on any atom is -0.466 e. The topological polar surface area (TPSA) is 81.2 Å². The number of esters is 1. The standard InChI is InChI=1S/C19H32N2O4/c1-2-18(23)25-16-12-10-8-6-4-3-5-7-9-11-15-21-17(22)13-14-20-19(21)24/h13-14H,2-12,15-16H2,1H3,(H,20,24). The molecule has 1 heterocycles. The molecule has 1 aromatic rings. The Kier molecular flexibility index (Phi) is 11.4. The highest BCUT2D eigenvalue weighted by molar-refractivity contribution is 5.68. The van der Waals surface area contributed by atoms with Crippen molar-refractivity contribution in [2.45, 2.75) is 84.1 Å². The second-order valence-electron chi connectivity index (χ2n) is 6.38. The van der Waals surface area contributed by atoms with E-state index in [1.165, 1.54) is 48.9 Å². The lowest BCUT2D eigenvalue weighted by Gasteiger charge is -2.05. The van der Waals surface area contributed by atoms with E-state index in [-0.39, 0.29) is 17.2 Å². The van der Waals surface area contributed by atoms with Gasteiger partial charge in [-0.2, -0.15) is 0 Å². The van der Waals surface area contributed by atoms with Crippen LogP contribution in [0.5, 0.6) is 0 Å². The number of aromatic nitrogens is 2. The summed E-state index contributed by atoms with van der Waals surface area (Å²) in [6, 6.07) is 1.38. The molecule has 0 radical (unpaired) electrons. The predicted octanol–water partition coefficient (Wildman–Crippen LogP) is 3.39. The van der Waals surface area contributed by atoms with Crippen molar-refractivity contribution in [3.63, 3.8) is 0 Å². The van der Waals surface area contributed by atoms with Gasteiger partial charge in [0.05, 0.1) is 6.61 Å². The molecular weight excluding hydrogens is 320 g/mol. The third-order valence-electron chi connectivity index (χ3n) is 4.27. The van der Waals surface area contributed by atoms with Gasteiger partial charge in [-0.15, -0.1) is 0 Å². The first-order chi connectivity index (χ1) is 12.1. The van der Waals surface area contributed by atoms with Crippen LogP contribution in [0.25, 0.3) is 0 Å². The molecule has 0 unspecified atom stereocenters. The van der Waals surface area contributed by atoms with Gasteiger partial charge in [0.15, 0.2) is 0 Å². The Balaban J connectivity index is 1.89. The summed E-state index contributed by atoms with van der Waals surface area (Å²) in [5.41, 5.74) is -0.551. The maximum Gasteiger partial charge on any atom is 0.328 e. The van der Waals surface area contributed by atoms with Crippen LogP contribution in [0.15, 0.2) is 21.9 Å². The highest BCUT2D eigenvalue weighted by Crippen LogP contribution is 2.10. The van der Waals surface area contributed by atoms with Crippen LogP contribution in [-0.4, -0.2) is 22.1 Å². The third kappa shape index (κ3) is 9.89. The van der Waals surface area contributed by atoms with Gasteiger partial charge in [0, 0.05) is 25.2 Å². The van der Waals surface area contributed by atoms with Crippen molar-refractivity contribution in [3.8, 4) is 0 Å². The Hall–Kier alpha value is -1.85. The molecule has 0 atom stereocenters. The number of nitrogens with zero attached hydrogens (tertiary/aromatic N) is 1. The Bertz CT molecular complexity index is 563. The Morgan fingerprint density at radius 3 is 2.08 bits per heavy atom. The van der Waals surface area contributed by atoms with Gasteiger partial charge >= 0.3 is 11.7 Å². The average molecular weight is 352 g/mol. The second kappa shape index (κ2) is 13.4. The lowest BCUT2D eigenvalue weighted by atomic mass is 10.1. The quantitative estimate of drug-likeness (QED) is 0.411. The number of aromatic amines is 1. The summed E-state index contributed by atoms with van der Waals surface area (Å²) in [4.78, 5) is 36.5. The number of carbonyl (C=O) groups excluding carboxylic acids is 1. The summed E-state index contributed by atoms with van der Waals surface area (Å²) in [6.45, 7) is 2.86. The first-order valence-electron chi connectivity index (χ1n) is 9.59. The molecule has 0 aliphatic heterocycles. The Morgan fingerprint density at radius 1 is 0.960 bits per heavy atom. The van der Waals surface area contributed by atoms with E-state index >= 15 is 0 Å². The molecule has 0 aromatic carbocycles. The van der Waals surface area contributed by atoms with Crippen LogP contribution < -0.4 is 11.2 Å². The smallest absolute Gasteiger partial charge is 0.328 e. The van der Waals surface area contributed by atoms with E-state index in [1.54, 1.807) is 0 Å². The summed E-state index contributed by atoms with van der Waals surface area (Å²) in [7, 11) is 0. The van der Waals surface area contributed by atoms with Crippen molar-refractivity contribution in [1.29, 1.82) is 0 Å². The van der Waals surface area contributed by atoms with Gasteiger partial charge in [0.2, 0.25) is 0 Å². The molecule has 142 valence electrons. The highest BCUT2D eigenvalue weighted by Gasteiger charge is 2.00. The van der Waals surface area contributed by atoms with E-state index in [1.807, 2.05) is 6.92 Å². The largest absolute Gasteiger partial charge is 0.466 e. The van der Waals surface area contributed by atoms with Crippen LogP contribution in [0, 0.1) is 0 Å². The van der Waals surface area contributed by atoms with Crippen LogP contribution in [0.2, 0.25) is 0 Å². The molecule has 0 spiro atoms. The number of H-pyrrole nitrogens is 1. The molecule has 0 bridgehead atoms. The minimum atomic E-state index is -0.322. The SMILES string of the molecule is CCC(=O)OCCCCCCCCCCCCn1c(=O)cc[nH]c1=O. The van der Waals surface area contributed by atoms with E-state index in [9.17, 15) is 14.4 Å². The summed E-state index contributed by atoms with van der Waals surface area (Å²) >= 11 is 0. The van der Waals surface area contributed by atoms with Crippen molar-refractivity contribution in [2.24, 2.45) is 0 Å².